The van der Waals surface area contributed by atoms with Crippen molar-refractivity contribution in [3.8, 4) is 0 Å². The molecule has 0 spiro atoms. The maximum atomic E-state index is 6.18. The summed E-state index contributed by atoms with van der Waals surface area (Å²) < 4.78 is 11.9. The van der Waals surface area contributed by atoms with E-state index in [1.807, 2.05) is 0 Å². The van der Waals surface area contributed by atoms with E-state index in [0.29, 0.717) is 18.3 Å². The quantitative estimate of drug-likeness (QED) is 0.785. The second-order valence-electron chi connectivity index (χ2n) is 5.51. The van der Waals surface area contributed by atoms with Gasteiger partial charge in [0, 0.05) is 6.54 Å². The van der Waals surface area contributed by atoms with Crippen molar-refractivity contribution in [2.45, 2.75) is 71.4 Å². The minimum absolute atomic E-state index is 0.0859. The highest BCUT2D eigenvalue weighted by Crippen LogP contribution is 2.25. The van der Waals surface area contributed by atoms with Gasteiger partial charge in [-0.1, -0.05) is 6.92 Å². The standard InChI is InChI=1S/C13H27NO2/c1-6-14-9-13(4,5)16-12-7-10(2)15-11(3)8-12/h10-12,14H,6-9H2,1-5H3. The highest BCUT2D eigenvalue weighted by molar-refractivity contribution is 4.79. The zero-order chi connectivity index (χ0) is 12.2. The molecule has 1 saturated heterocycles. The third-order valence-corrected chi connectivity index (χ3v) is 2.94. The van der Waals surface area contributed by atoms with E-state index in [2.05, 4.69) is 39.9 Å². The summed E-state index contributed by atoms with van der Waals surface area (Å²) in [6.07, 6.45) is 3.01. The molecule has 3 heteroatoms. The average Bonchev–Trinajstić information content (AvgIpc) is 2.12. The molecule has 0 radical (unpaired) electrons. The van der Waals surface area contributed by atoms with Crippen molar-refractivity contribution in [1.29, 1.82) is 0 Å². The van der Waals surface area contributed by atoms with Crippen LogP contribution < -0.4 is 5.32 Å². The largest absolute Gasteiger partial charge is 0.375 e. The van der Waals surface area contributed by atoms with Crippen molar-refractivity contribution in [3.05, 3.63) is 0 Å². The van der Waals surface area contributed by atoms with Gasteiger partial charge in [-0.05, 0) is 47.1 Å². The van der Waals surface area contributed by atoms with Gasteiger partial charge >= 0.3 is 0 Å². The minimum atomic E-state index is -0.0859. The molecule has 2 unspecified atom stereocenters. The summed E-state index contributed by atoms with van der Waals surface area (Å²) in [4.78, 5) is 0. The van der Waals surface area contributed by atoms with Crippen LogP contribution in [0.2, 0.25) is 0 Å². The van der Waals surface area contributed by atoms with Crippen molar-refractivity contribution in [1.82, 2.24) is 5.32 Å². The van der Waals surface area contributed by atoms with Crippen LogP contribution in [0.5, 0.6) is 0 Å². The molecule has 2 atom stereocenters. The lowest BCUT2D eigenvalue weighted by Crippen LogP contribution is -2.44. The fourth-order valence-corrected chi connectivity index (χ4v) is 2.36. The number of hydrogen-bond donors (Lipinski definition) is 1. The molecule has 0 aromatic carbocycles. The fourth-order valence-electron chi connectivity index (χ4n) is 2.36. The predicted molar refractivity (Wildman–Crippen MR) is 66.7 cm³/mol. The summed E-state index contributed by atoms with van der Waals surface area (Å²) in [6, 6.07) is 0. The van der Waals surface area contributed by atoms with Gasteiger partial charge < -0.3 is 14.8 Å². The second-order valence-corrected chi connectivity index (χ2v) is 5.51. The Morgan fingerprint density at radius 2 is 1.81 bits per heavy atom. The van der Waals surface area contributed by atoms with Crippen molar-refractivity contribution >= 4 is 0 Å². The number of hydrogen-bond acceptors (Lipinski definition) is 3. The first-order valence-electron chi connectivity index (χ1n) is 6.47. The molecule has 0 saturated carbocycles. The lowest BCUT2D eigenvalue weighted by atomic mass is 10.0. The Kier molecular flexibility index (Phi) is 5.22. The first kappa shape index (κ1) is 13.9. The van der Waals surface area contributed by atoms with E-state index in [4.69, 9.17) is 9.47 Å². The summed E-state index contributed by atoms with van der Waals surface area (Å²) in [5, 5.41) is 3.34. The molecule has 3 nitrogen and oxygen atoms in total. The Morgan fingerprint density at radius 3 is 2.31 bits per heavy atom. The molecule has 1 aliphatic heterocycles. The SMILES string of the molecule is CCNCC(C)(C)OC1CC(C)OC(C)C1. The maximum Gasteiger partial charge on any atom is 0.0754 e. The third-order valence-electron chi connectivity index (χ3n) is 2.94. The summed E-state index contributed by atoms with van der Waals surface area (Å²) in [5.74, 6) is 0. The number of ether oxygens (including phenoxy) is 2. The minimum Gasteiger partial charge on any atom is -0.375 e. The van der Waals surface area contributed by atoms with E-state index >= 15 is 0 Å². The van der Waals surface area contributed by atoms with Crippen molar-refractivity contribution in [2.75, 3.05) is 13.1 Å². The third kappa shape index (κ3) is 4.81. The van der Waals surface area contributed by atoms with E-state index < -0.39 is 0 Å². The van der Waals surface area contributed by atoms with Crippen LogP contribution in [-0.4, -0.2) is 37.0 Å². The van der Waals surface area contributed by atoms with Gasteiger partial charge in [-0.15, -0.1) is 0 Å². The predicted octanol–water partition coefficient (Wildman–Crippen LogP) is 2.35. The van der Waals surface area contributed by atoms with Gasteiger partial charge in [0.05, 0.1) is 23.9 Å². The molecule has 0 aromatic heterocycles. The molecular weight excluding hydrogens is 202 g/mol. The zero-order valence-electron chi connectivity index (χ0n) is 11.4. The Hall–Kier alpha value is -0.120. The number of nitrogens with one attached hydrogen (secondary N) is 1. The van der Waals surface area contributed by atoms with Gasteiger partial charge in [-0.3, -0.25) is 0 Å². The summed E-state index contributed by atoms with van der Waals surface area (Å²) in [7, 11) is 0. The molecule has 1 fully saturated rings. The second kappa shape index (κ2) is 5.99. The van der Waals surface area contributed by atoms with Gasteiger partial charge in [-0.2, -0.15) is 0 Å². The molecule has 1 N–H and O–H groups in total. The lowest BCUT2D eigenvalue weighted by Gasteiger charge is -2.37. The zero-order valence-corrected chi connectivity index (χ0v) is 11.4. The van der Waals surface area contributed by atoms with Crippen LogP contribution in [0.15, 0.2) is 0 Å². The molecule has 0 aromatic rings. The highest BCUT2D eigenvalue weighted by atomic mass is 16.5. The normalized spacial score (nSPS) is 31.7. The molecule has 1 aliphatic rings. The molecule has 16 heavy (non-hydrogen) atoms. The smallest absolute Gasteiger partial charge is 0.0754 e. The molecule has 0 bridgehead atoms. The lowest BCUT2D eigenvalue weighted by molar-refractivity contribution is -0.145. The van der Waals surface area contributed by atoms with E-state index in [9.17, 15) is 0 Å². The van der Waals surface area contributed by atoms with E-state index in [1.54, 1.807) is 0 Å². The Morgan fingerprint density at radius 1 is 1.25 bits per heavy atom. The molecule has 1 heterocycles. The number of rotatable bonds is 5. The molecule has 0 aliphatic carbocycles. The summed E-state index contributed by atoms with van der Waals surface area (Å²) in [6.45, 7) is 12.6. The van der Waals surface area contributed by atoms with Crippen molar-refractivity contribution in [3.63, 3.8) is 0 Å². The Labute approximate surface area is 99.9 Å². The van der Waals surface area contributed by atoms with Crippen LogP contribution >= 0.6 is 0 Å². The topological polar surface area (TPSA) is 30.5 Å². The molecule has 0 amide bonds. The number of likely N-dealkylation sites (N-methyl/N-ethyl adjacent to an activating group) is 1. The Balaban J connectivity index is 2.39. The van der Waals surface area contributed by atoms with Gasteiger partial charge in [0.15, 0.2) is 0 Å². The van der Waals surface area contributed by atoms with Crippen LogP contribution in [0.1, 0.15) is 47.5 Å². The van der Waals surface area contributed by atoms with Gasteiger partial charge in [-0.25, -0.2) is 0 Å². The van der Waals surface area contributed by atoms with E-state index in [-0.39, 0.29) is 5.60 Å². The van der Waals surface area contributed by atoms with Crippen LogP contribution in [0.3, 0.4) is 0 Å². The monoisotopic (exact) mass is 229 g/mol. The molecular formula is C13H27NO2. The first-order valence-corrected chi connectivity index (χ1v) is 6.47. The van der Waals surface area contributed by atoms with Crippen molar-refractivity contribution in [2.24, 2.45) is 0 Å². The molecule has 1 rings (SSSR count). The van der Waals surface area contributed by atoms with Gasteiger partial charge in [0.25, 0.3) is 0 Å². The van der Waals surface area contributed by atoms with Crippen LogP contribution in [0.4, 0.5) is 0 Å². The fraction of sp³-hybridized carbons (Fsp3) is 1.00. The average molecular weight is 229 g/mol. The van der Waals surface area contributed by atoms with Crippen LogP contribution in [-0.2, 0) is 9.47 Å². The van der Waals surface area contributed by atoms with Crippen molar-refractivity contribution < 1.29 is 9.47 Å². The van der Waals surface area contributed by atoms with E-state index in [0.717, 1.165) is 25.9 Å². The Bertz CT molecular complexity index is 196. The highest BCUT2D eigenvalue weighted by Gasteiger charge is 2.30. The molecule has 96 valence electrons. The van der Waals surface area contributed by atoms with Crippen LogP contribution in [0, 0.1) is 0 Å². The van der Waals surface area contributed by atoms with Gasteiger partial charge in [0.1, 0.15) is 0 Å². The maximum absolute atomic E-state index is 6.18. The summed E-state index contributed by atoms with van der Waals surface area (Å²) in [5.41, 5.74) is -0.0859. The first-order chi connectivity index (χ1) is 7.43. The van der Waals surface area contributed by atoms with E-state index in [1.165, 1.54) is 0 Å². The van der Waals surface area contributed by atoms with Crippen LogP contribution in [0.25, 0.3) is 0 Å². The summed E-state index contributed by atoms with van der Waals surface area (Å²) >= 11 is 0. The van der Waals surface area contributed by atoms with Gasteiger partial charge in [0.2, 0.25) is 0 Å².